The highest BCUT2D eigenvalue weighted by molar-refractivity contribution is 6.02. The third-order valence-electron chi connectivity index (χ3n) is 5.20. The molecule has 6 heteroatoms. The van der Waals surface area contributed by atoms with Gasteiger partial charge in [-0.2, -0.15) is 5.26 Å². The van der Waals surface area contributed by atoms with Crippen LogP contribution in [0.5, 0.6) is 0 Å². The average molecular weight is 423 g/mol. The molecule has 2 aromatic rings. The van der Waals surface area contributed by atoms with Gasteiger partial charge in [0.25, 0.3) is 0 Å². The molecule has 0 saturated heterocycles. The highest BCUT2D eigenvalue weighted by atomic mass is 16.5. The Morgan fingerprint density at radius 3 is 2.52 bits per heavy atom. The van der Waals surface area contributed by atoms with E-state index in [1.54, 1.807) is 19.2 Å². The van der Waals surface area contributed by atoms with E-state index in [2.05, 4.69) is 11.5 Å². The molecule has 0 radical (unpaired) electrons. The quantitative estimate of drug-likeness (QED) is 0.232. The number of ether oxygens (including phenoxy) is 2. The largest absolute Gasteiger partial charge is 0.453 e. The lowest BCUT2D eigenvalue weighted by atomic mass is 10.0. The molecule has 0 aliphatic heterocycles. The molecule has 0 saturated carbocycles. The Morgan fingerprint density at radius 2 is 1.90 bits per heavy atom. The Morgan fingerprint density at radius 1 is 1.19 bits per heavy atom. The first-order valence-corrected chi connectivity index (χ1v) is 10.5. The van der Waals surface area contributed by atoms with Gasteiger partial charge in [0.05, 0.1) is 6.61 Å². The monoisotopic (exact) mass is 422 g/mol. The summed E-state index contributed by atoms with van der Waals surface area (Å²) in [4.78, 5) is 24.7. The van der Waals surface area contributed by atoms with Crippen molar-refractivity contribution < 1.29 is 19.1 Å². The minimum absolute atomic E-state index is 0.144. The number of aryl methyl sites for hydroxylation is 2. The van der Waals surface area contributed by atoms with E-state index in [0.717, 1.165) is 36.2 Å². The standard InChI is InChI=1S/C25H30N2O4/c1-5-6-7-20-8-10-21(11-9-20)24(28)17-31-25(29)23(16-26)15-22-14-18(2)27(19(22)3)12-13-30-4/h8-11,14-15H,5-7,12-13,17H2,1-4H3/b23-15+. The van der Waals surface area contributed by atoms with Crippen molar-refractivity contribution in [3.8, 4) is 6.07 Å². The van der Waals surface area contributed by atoms with Crippen LogP contribution in [0.3, 0.4) is 0 Å². The highest BCUT2D eigenvalue weighted by Crippen LogP contribution is 2.19. The fourth-order valence-electron chi connectivity index (χ4n) is 3.32. The maximum Gasteiger partial charge on any atom is 0.349 e. The van der Waals surface area contributed by atoms with Crippen LogP contribution in [0.15, 0.2) is 35.9 Å². The summed E-state index contributed by atoms with van der Waals surface area (Å²) in [7, 11) is 1.64. The zero-order valence-corrected chi connectivity index (χ0v) is 18.7. The maximum absolute atomic E-state index is 12.4. The van der Waals surface area contributed by atoms with Gasteiger partial charge in [-0.05, 0) is 50.0 Å². The Labute approximate surface area is 184 Å². The lowest BCUT2D eigenvalue weighted by molar-refractivity contribution is -0.137. The second kappa shape index (κ2) is 11.9. The number of hydrogen-bond donors (Lipinski definition) is 0. The number of nitriles is 1. The number of nitrogens with zero attached hydrogens (tertiary/aromatic N) is 2. The third-order valence-corrected chi connectivity index (χ3v) is 5.20. The summed E-state index contributed by atoms with van der Waals surface area (Å²) in [6.45, 7) is 6.85. The molecule has 0 spiro atoms. The predicted octanol–water partition coefficient (Wildman–Crippen LogP) is 4.43. The van der Waals surface area contributed by atoms with E-state index >= 15 is 0 Å². The number of Topliss-reactive ketones (excluding diaryl/α,β-unsaturated/α-hetero) is 1. The Kier molecular flexibility index (Phi) is 9.23. The Balaban J connectivity index is 2.03. The van der Waals surface area contributed by atoms with E-state index in [9.17, 15) is 14.9 Å². The summed E-state index contributed by atoms with van der Waals surface area (Å²) in [6, 6.07) is 11.1. The molecule has 0 unspecified atom stereocenters. The van der Waals surface area contributed by atoms with Crippen LogP contribution < -0.4 is 0 Å². The van der Waals surface area contributed by atoms with Crippen LogP contribution in [0.2, 0.25) is 0 Å². The second-order valence-electron chi connectivity index (χ2n) is 7.44. The summed E-state index contributed by atoms with van der Waals surface area (Å²) >= 11 is 0. The number of benzene rings is 1. The fraction of sp³-hybridized carbons (Fsp3) is 0.400. The molecule has 0 aliphatic rings. The van der Waals surface area contributed by atoms with Crippen LogP contribution in [0, 0.1) is 25.2 Å². The van der Waals surface area contributed by atoms with Crippen LogP contribution in [-0.2, 0) is 27.2 Å². The number of ketones is 1. The van der Waals surface area contributed by atoms with Gasteiger partial charge in [-0.1, -0.05) is 37.6 Å². The number of aromatic nitrogens is 1. The molecule has 2 rings (SSSR count). The predicted molar refractivity (Wildman–Crippen MR) is 120 cm³/mol. The average Bonchev–Trinajstić information content (AvgIpc) is 3.05. The molecule has 31 heavy (non-hydrogen) atoms. The Bertz CT molecular complexity index is 978. The van der Waals surface area contributed by atoms with Gasteiger partial charge in [0.1, 0.15) is 11.6 Å². The third kappa shape index (κ3) is 6.66. The first kappa shape index (κ1) is 24.1. The van der Waals surface area contributed by atoms with Crippen molar-refractivity contribution in [2.24, 2.45) is 0 Å². The van der Waals surface area contributed by atoms with Crippen LogP contribution in [0.4, 0.5) is 0 Å². The lowest BCUT2D eigenvalue weighted by Gasteiger charge is -2.08. The molecule has 0 amide bonds. The topological polar surface area (TPSA) is 81.3 Å². The molecule has 0 fully saturated rings. The van der Waals surface area contributed by atoms with Crippen molar-refractivity contribution in [3.05, 3.63) is 64.0 Å². The summed E-state index contributed by atoms with van der Waals surface area (Å²) in [5.74, 6) is -1.11. The van der Waals surface area contributed by atoms with Gasteiger partial charge < -0.3 is 14.0 Å². The lowest BCUT2D eigenvalue weighted by Crippen LogP contribution is -2.15. The van der Waals surface area contributed by atoms with Gasteiger partial charge in [-0.3, -0.25) is 4.79 Å². The van der Waals surface area contributed by atoms with Gasteiger partial charge in [0.2, 0.25) is 0 Å². The van der Waals surface area contributed by atoms with Crippen molar-refractivity contribution >= 4 is 17.8 Å². The van der Waals surface area contributed by atoms with E-state index in [4.69, 9.17) is 9.47 Å². The van der Waals surface area contributed by atoms with Crippen molar-refractivity contribution in [2.45, 2.75) is 46.6 Å². The van der Waals surface area contributed by atoms with E-state index < -0.39 is 12.6 Å². The number of rotatable bonds is 11. The number of unbranched alkanes of at least 4 members (excludes halogenated alkanes) is 1. The van der Waals surface area contributed by atoms with Crippen LogP contribution >= 0.6 is 0 Å². The van der Waals surface area contributed by atoms with Crippen LogP contribution in [0.1, 0.15) is 52.6 Å². The van der Waals surface area contributed by atoms with E-state index in [1.807, 2.05) is 38.1 Å². The molecule has 1 aromatic carbocycles. The molecule has 164 valence electrons. The summed E-state index contributed by atoms with van der Waals surface area (Å²) in [5.41, 5.74) is 4.20. The molecule has 0 N–H and O–H groups in total. The van der Waals surface area contributed by atoms with Crippen molar-refractivity contribution in [1.82, 2.24) is 4.57 Å². The summed E-state index contributed by atoms with van der Waals surface area (Å²) in [6.07, 6.45) is 4.69. The molecule has 0 aliphatic carbocycles. The van der Waals surface area contributed by atoms with Crippen molar-refractivity contribution in [1.29, 1.82) is 5.26 Å². The van der Waals surface area contributed by atoms with E-state index in [1.165, 1.54) is 11.6 Å². The zero-order chi connectivity index (χ0) is 22.8. The number of esters is 1. The van der Waals surface area contributed by atoms with Crippen LogP contribution in [-0.4, -0.2) is 36.6 Å². The first-order chi connectivity index (χ1) is 14.9. The highest BCUT2D eigenvalue weighted by Gasteiger charge is 2.16. The van der Waals surface area contributed by atoms with E-state index in [-0.39, 0.29) is 11.4 Å². The Hall–Kier alpha value is -3.17. The summed E-state index contributed by atoms with van der Waals surface area (Å²) < 4.78 is 12.3. The maximum atomic E-state index is 12.4. The molecule has 1 aromatic heterocycles. The molecule has 0 atom stereocenters. The molecule has 0 bridgehead atoms. The number of hydrogen-bond acceptors (Lipinski definition) is 5. The minimum atomic E-state index is -0.808. The fourth-order valence-corrected chi connectivity index (χ4v) is 3.32. The number of carbonyl (C=O) groups excluding carboxylic acids is 2. The molecular formula is C25H30N2O4. The SMILES string of the molecule is CCCCc1ccc(C(=O)COC(=O)/C(C#N)=C/c2cc(C)n(CCOC)c2C)cc1. The zero-order valence-electron chi connectivity index (χ0n) is 18.7. The van der Waals surface area contributed by atoms with E-state index in [0.29, 0.717) is 18.7 Å². The van der Waals surface area contributed by atoms with Gasteiger partial charge in [0.15, 0.2) is 12.4 Å². The molecule has 1 heterocycles. The van der Waals surface area contributed by atoms with Crippen LogP contribution in [0.25, 0.3) is 6.08 Å². The van der Waals surface area contributed by atoms with Gasteiger partial charge in [-0.15, -0.1) is 0 Å². The normalized spacial score (nSPS) is 11.3. The van der Waals surface area contributed by atoms with Crippen molar-refractivity contribution in [3.63, 3.8) is 0 Å². The molecule has 6 nitrogen and oxygen atoms in total. The molecular weight excluding hydrogens is 392 g/mol. The number of carbonyl (C=O) groups is 2. The van der Waals surface area contributed by atoms with Gasteiger partial charge in [-0.25, -0.2) is 4.79 Å². The van der Waals surface area contributed by atoms with Crippen molar-refractivity contribution in [2.75, 3.05) is 20.3 Å². The number of methoxy groups -OCH3 is 1. The first-order valence-electron chi connectivity index (χ1n) is 10.5. The summed E-state index contributed by atoms with van der Waals surface area (Å²) in [5, 5.41) is 9.42. The van der Waals surface area contributed by atoms with Gasteiger partial charge >= 0.3 is 5.97 Å². The minimum Gasteiger partial charge on any atom is -0.453 e. The smallest absolute Gasteiger partial charge is 0.349 e. The second-order valence-corrected chi connectivity index (χ2v) is 7.44. The van der Waals surface area contributed by atoms with Gasteiger partial charge in [0, 0.05) is 30.6 Å².